The van der Waals surface area contributed by atoms with Gasteiger partial charge in [0.1, 0.15) is 12.2 Å². The number of hydrogen-bond donors (Lipinski definition) is 0. The topological polar surface area (TPSA) is 71.2 Å². The fourth-order valence-corrected chi connectivity index (χ4v) is 4.86. The van der Waals surface area contributed by atoms with E-state index in [9.17, 15) is 0 Å². The molecular formula is C15H30O7Si. The lowest BCUT2D eigenvalue weighted by Crippen LogP contribution is -2.46. The molecule has 0 aromatic carbocycles. The zero-order valence-corrected chi connectivity index (χ0v) is 15.5. The van der Waals surface area contributed by atoms with Crippen LogP contribution in [-0.2, 0) is 32.2 Å². The second-order valence-corrected chi connectivity index (χ2v) is 8.26. The molecule has 2 fully saturated rings. The van der Waals surface area contributed by atoms with Gasteiger partial charge in [-0.1, -0.05) is 0 Å². The van der Waals surface area contributed by atoms with Gasteiger partial charge in [0, 0.05) is 32.3 Å². The fraction of sp³-hybridized carbons (Fsp3) is 1.00. The molecule has 0 aliphatic carbocycles. The maximum Gasteiger partial charge on any atom is 0.501 e. The second kappa shape index (κ2) is 10.0. The molecule has 8 heteroatoms. The Morgan fingerprint density at radius 2 is 1.30 bits per heavy atom. The van der Waals surface area contributed by atoms with Gasteiger partial charge < -0.3 is 32.2 Å². The summed E-state index contributed by atoms with van der Waals surface area (Å²) in [5.74, 6) is 0. The van der Waals surface area contributed by atoms with E-state index in [-0.39, 0.29) is 18.5 Å². The highest BCUT2D eigenvalue weighted by Crippen LogP contribution is 2.22. The molecule has 23 heavy (non-hydrogen) atoms. The quantitative estimate of drug-likeness (QED) is 0.252. The van der Waals surface area contributed by atoms with Crippen LogP contribution in [0.25, 0.3) is 0 Å². The smallest absolute Gasteiger partial charge is 0.374 e. The average Bonchev–Trinajstić information content (AvgIpc) is 3.41. The Morgan fingerprint density at radius 3 is 1.65 bits per heavy atom. The van der Waals surface area contributed by atoms with Gasteiger partial charge >= 0.3 is 8.80 Å². The summed E-state index contributed by atoms with van der Waals surface area (Å²) in [4.78, 5) is 0. The van der Waals surface area contributed by atoms with Crippen molar-refractivity contribution in [3.8, 4) is 0 Å². The van der Waals surface area contributed by atoms with Crippen LogP contribution in [0, 0.1) is 0 Å². The number of ether oxygens (including phenoxy) is 4. The van der Waals surface area contributed by atoms with Crippen molar-refractivity contribution in [2.75, 3.05) is 46.2 Å². The minimum absolute atomic E-state index is 0.214. The average molecular weight is 350 g/mol. The molecule has 2 rings (SSSR count). The predicted molar refractivity (Wildman–Crippen MR) is 85.2 cm³/mol. The van der Waals surface area contributed by atoms with Crippen molar-refractivity contribution in [2.45, 2.75) is 51.7 Å². The van der Waals surface area contributed by atoms with Gasteiger partial charge in [-0.2, -0.15) is 0 Å². The van der Waals surface area contributed by atoms with Crippen molar-refractivity contribution in [2.24, 2.45) is 0 Å². The van der Waals surface area contributed by atoms with Crippen LogP contribution < -0.4 is 0 Å². The van der Waals surface area contributed by atoms with E-state index >= 15 is 0 Å². The maximum absolute atomic E-state index is 5.87. The minimum Gasteiger partial charge on any atom is -0.374 e. The first-order chi connectivity index (χ1) is 11.2. The summed E-state index contributed by atoms with van der Waals surface area (Å²) in [5, 5.41) is 0. The molecule has 0 radical (unpaired) electrons. The molecule has 0 N–H and O–H groups in total. The van der Waals surface area contributed by atoms with E-state index in [2.05, 4.69) is 0 Å². The summed E-state index contributed by atoms with van der Waals surface area (Å²) >= 11 is 0. The molecule has 2 saturated heterocycles. The first kappa shape index (κ1) is 19.3. The van der Waals surface area contributed by atoms with Crippen molar-refractivity contribution in [1.82, 2.24) is 0 Å². The van der Waals surface area contributed by atoms with Gasteiger partial charge in [-0.15, -0.1) is 0 Å². The molecule has 7 nitrogen and oxygen atoms in total. The van der Waals surface area contributed by atoms with Crippen LogP contribution in [0.2, 0.25) is 6.04 Å². The molecule has 0 bridgehead atoms. The van der Waals surface area contributed by atoms with E-state index in [4.69, 9.17) is 32.2 Å². The van der Waals surface area contributed by atoms with Crippen LogP contribution in [0.3, 0.4) is 0 Å². The Morgan fingerprint density at radius 1 is 0.870 bits per heavy atom. The van der Waals surface area contributed by atoms with Crippen molar-refractivity contribution in [3.05, 3.63) is 0 Å². The zero-order chi connectivity index (χ0) is 16.5. The lowest BCUT2D eigenvalue weighted by molar-refractivity contribution is -0.149. The maximum atomic E-state index is 5.87. The first-order valence-electron chi connectivity index (χ1n) is 8.59. The van der Waals surface area contributed by atoms with Crippen LogP contribution in [0.1, 0.15) is 27.2 Å². The summed E-state index contributed by atoms with van der Waals surface area (Å²) in [5.41, 5.74) is 0. The highest BCUT2D eigenvalue weighted by Gasteiger charge is 2.41. The molecule has 0 aromatic heterocycles. The molecule has 0 aromatic rings. The van der Waals surface area contributed by atoms with Gasteiger partial charge in [-0.05, 0) is 20.8 Å². The van der Waals surface area contributed by atoms with Crippen molar-refractivity contribution in [3.63, 3.8) is 0 Å². The Balaban J connectivity index is 1.82. The fourth-order valence-electron chi connectivity index (χ4n) is 2.27. The third kappa shape index (κ3) is 7.57. The second-order valence-electron chi connectivity index (χ2n) is 5.53. The Bertz CT molecular complexity index is 290. The number of epoxide rings is 2. The largest absolute Gasteiger partial charge is 0.501 e. The SMILES string of the molecule is CCO[Si](CCC(OCC1CO1)OCC1CO1)(OCC)OCC. The normalized spacial score (nSPS) is 24.7. The Labute approximate surface area is 139 Å². The van der Waals surface area contributed by atoms with Crippen LogP contribution in [0.4, 0.5) is 0 Å². The lowest BCUT2D eigenvalue weighted by atomic mass is 10.4. The summed E-state index contributed by atoms with van der Waals surface area (Å²) in [6, 6.07) is 0.671. The number of rotatable bonds is 15. The third-order valence-corrected chi connectivity index (χ3v) is 6.61. The summed E-state index contributed by atoms with van der Waals surface area (Å²) in [7, 11) is -2.66. The molecule has 2 heterocycles. The molecular weight excluding hydrogens is 320 g/mol. The summed E-state index contributed by atoms with van der Waals surface area (Å²) < 4.78 is 39.6. The molecule has 136 valence electrons. The van der Waals surface area contributed by atoms with Crippen molar-refractivity contribution in [1.29, 1.82) is 0 Å². The standard InChI is InChI=1S/C15H30O7Si/c1-4-20-23(21-5-2,22-6-3)8-7-15(18-11-13-9-16-13)19-12-14-10-17-14/h13-15H,4-12H2,1-3H3. The van der Waals surface area contributed by atoms with E-state index in [1.54, 1.807) is 0 Å². The highest BCUT2D eigenvalue weighted by molar-refractivity contribution is 6.60. The van der Waals surface area contributed by atoms with E-state index < -0.39 is 8.80 Å². The van der Waals surface area contributed by atoms with Crippen LogP contribution in [0.5, 0.6) is 0 Å². The van der Waals surface area contributed by atoms with Gasteiger partial charge in [0.15, 0.2) is 6.29 Å². The third-order valence-electron chi connectivity index (χ3n) is 3.52. The first-order valence-corrected chi connectivity index (χ1v) is 10.5. The van der Waals surface area contributed by atoms with Crippen LogP contribution >= 0.6 is 0 Å². The summed E-state index contributed by atoms with van der Waals surface area (Å²) in [6.45, 7) is 10.3. The van der Waals surface area contributed by atoms with Gasteiger partial charge in [0.25, 0.3) is 0 Å². The zero-order valence-electron chi connectivity index (χ0n) is 14.5. The van der Waals surface area contributed by atoms with Gasteiger partial charge in [0.05, 0.1) is 26.4 Å². The van der Waals surface area contributed by atoms with Gasteiger partial charge in [-0.3, -0.25) is 0 Å². The molecule has 2 aliphatic heterocycles. The highest BCUT2D eigenvalue weighted by atomic mass is 28.4. The molecule has 2 atom stereocenters. The Kier molecular flexibility index (Phi) is 8.42. The van der Waals surface area contributed by atoms with Gasteiger partial charge in [0.2, 0.25) is 0 Å². The van der Waals surface area contributed by atoms with Crippen LogP contribution in [-0.4, -0.2) is 73.6 Å². The molecule has 2 aliphatic rings. The Hall–Kier alpha value is -0.0631. The van der Waals surface area contributed by atoms with Gasteiger partial charge in [-0.25, -0.2) is 0 Å². The molecule has 0 spiro atoms. The van der Waals surface area contributed by atoms with E-state index in [1.807, 2.05) is 20.8 Å². The van der Waals surface area contributed by atoms with E-state index in [0.717, 1.165) is 13.2 Å². The monoisotopic (exact) mass is 350 g/mol. The molecule has 0 amide bonds. The van der Waals surface area contributed by atoms with Crippen molar-refractivity contribution >= 4 is 8.80 Å². The van der Waals surface area contributed by atoms with Crippen molar-refractivity contribution < 1.29 is 32.2 Å². The predicted octanol–water partition coefficient (Wildman–Crippen LogP) is 1.58. The van der Waals surface area contributed by atoms with Crippen LogP contribution in [0.15, 0.2) is 0 Å². The van der Waals surface area contributed by atoms with E-state index in [1.165, 1.54) is 0 Å². The van der Waals surface area contributed by atoms with E-state index in [0.29, 0.717) is 45.5 Å². The summed E-state index contributed by atoms with van der Waals surface area (Å²) in [6.07, 6.45) is 0.791. The molecule has 0 saturated carbocycles. The lowest BCUT2D eigenvalue weighted by Gasteiger charge is -2.29. The molecule has 2 unspecified atom stereocenters. The minimum atomic E-state index is -2.66. The number of hydrogen-bond acceptors (Lipinski definition) is 7.